The average molecular weight is 497 g/mol. The van der Waals surface area contributed by atoms with Crippen LogP contribution in [0.1, 0.15) is 61.8 Å². The van der Waals surface area contributed by atoms with Crippen LogP contribution in [0.3, 0.4) is 0 Å². The standard InChI is InChI=1S/C33H36O4/c1-4-6-23-10-15-30(35)28(19-23)29-20-24(7-5-2)11-17-32(29)37-33-21-26(12-16-31(33)36)22(3)18-25-8-13-27(34)14-9-25/h8-17,19-22,34-36H,4-7,18H2,1-3H3. The SMILES string of the molecule is CCCc1ccc(O)c(-c2cc(CCC)ccc2Oc2cc(C(C)Cc3ccc(O)cc3)ccc2O)c1. The molecule has 0 saturated heterocycles. The van der Waals surface area contributed by atoms with E-state index in [2.05, 4.69) is 26.8 Å². The van der Waals surface area contributed by atoms with E-state index in [0.717, 1.165) is 59.9 Å². The van der Waals surface area contributed by atoms with Crippen molar-refractivity contribution in [3.63, 3.8) is 0 Å². The predicted octanol–water partition coefficient (Wildman–Crippen LogP) is 8.51. The number of benzene rings is 4. The molecule has 4 aromatic rings. The quantitative estimate of drug-likeness (QED) is 0.206. The molecule has 4 rings (SSSR count). The third-order valence-electron chi connectivity index (χ3n) is 6.72. The third-order valence-corrected chi connectivity index (χ3v) is 6.72. The highest BCUT2D eigenvalue weighted by molar-refractivity contribution is 5.77. The van der Waals surface area contributed by atoms with Crippen molar-refractivity contribution in [1.29, 1.82) is 0 Å². The Hall–Kier alpha value is -3.92. The number of hydrogen-bond acceptors (Lipinski definition) is 4. The van der Waals surface area contributed by atoms with Gasteiger partial charge in [0.05, 0.1) is 0 Å². The molecule has 4 aromatic carbocycles. The summed E-state index contributed by atoms with van der Waals surface area (Å²) in [5, 5.41) is 31.0. The minimum Gasteiger partial charge on any atom is -0.508 e. The molecule has 1 unspecified atom stereocenters. The molecular weight excluding hydrogens is 460 g/mol. The van der Waals surface area contributed by atoms with Crippen molar-refractivity contribution in [3.05, 3.63) is 101 Å². The lowest BCUT2D eigenvalue weighted by Gasteiger charge is -2.18. The summed E-state index contributed by atoms with van der Waals surface area (Å²) in [5.74, 6) is 1.66. The van der Waals surface area contributed by atoms with E-state index < -0.39 is 0 Å². The smallest absolute Gasteiger partial charge is 0.169 e. The molecule has 0 aliphatic carbocycles. The summed E-state index contributed by atoms with van der Waals surface area (Å²) in [6.45, 7) is 6.42. The van der Waals surface area contributed by atoms with Crippen LogP contribution < -0.4 is 4.74 Å². The first-order chi connectivity index (χ1) is 17.9. The van der Waals surface area contributed by atoms with Gasteiger partial charge in [-0.05, 0) is 96.0 Å². The van der Waals surface area contributed by atoms with Crippen LogP contribution in [0.5, 0.6) is 28.7 Å². The molecule has 0 bridgehead atoms. The topological polar surface area (TPSA) is 69.9 Å². The van der Waals surface area contributed by atoms with Crippen LogP contribution in [0, 0.1) is 0 Å². The lowest BCUT2D eigenvalue weighted by atomic mass is 9.93. The van der Waals surface area contributed by atoms with Gasteiger partial charge in [-0.15, -0.1) is 0 Å². The number of phenolic OH excluding ortho intramolecular Hbond substituents is 3. The van der Waals surface area contributed by atoms with Gasteiger partial charge in [-0.25, -0.2) is 0 Å². The molecule has 4 nitrogen and oxygen atoms in total. The zero-order valence-corrected chi connectivity index (χ0v) is 21.9. The van der Waals surface area contributed by atoms with E-state index in [0.29, 0.717) is 11.5 Å². The largest absolute Gasteiger partial charge is 0.508 e. The molecule has 0 spiro atoms. The number of aryl methyl sites for hydroxylation is 2. The molecule has 0 saturated carbocycles. The fraction of sp³-hybridized carbons (Fsp3) is 0.273. The highest BCUT2D eigenvalue weighted by Crippen LogP contribution is 2.42. The van der Waals surface area contributed by atoms with Crippen molar-refractivity contribution >= 4 is 0 Å². The summed E-state index contributed by atoms with van der Waals surface area (Å²) in [4.78, 5) is 0. The molecule has 0 heterocycles. The number of hydrogen-bond donors (Lipinski definition) is 3. The first-order valence-corrected chi connectivity index (χ1v) is 13.1. The number of rotatable bonds is 10. The maximum atomic E-state index is 10.8. The van der Waals surface area contributed by atoms with Crippen LogP contribution in [0.15, 0.2) is 78.9 Å². The van der Waals surface area contributed by atoms with Crippen molar-refractivity contribution in [2.24, 2.45) is 0 Å². The summed E-state index contributed by atoms with van der Waals surface area (Å²) in [6, 6.07) is 24.5. The van der Waals surface area contributed by atoms with Gasteiger partial charge in [0.15, 0.2) is 11.5 Å². The van der Waals surface area contributed by atoms with Crippen molar-refractivity contribution in [1.82, 2.24) is 0 Å². The van der Waals surface area contributed by atoms with Gasteiger partial charge >= 0.3 is 0 Å². The first kappa shape index (κ1) is 26.2. The zero-order valence-electron chi connectivity index (χ0n) is 21.9. The normalized spacial score (nSPS) is 11.9. The van der Waals surface area contributed by atoms with Gasteiger partial charge in [-0.1, -0.05) is 63.9 Å². The van der Waals surface area contributed by atoms with Gasteiger partial charge in [0.1, 0.15) is 17.2 Å². The molecule has 0 fully saturated rings. The van der Waals surface area contributed by atoms with Gasteiger partial charge in [0.2, 0.25) is 0 Å². The molecule has 3 N–H and O–H groups in total. The Kier molecular flexibility index (Phi) is 8.39. The van der Waals surface area contributed by atoms with Gasteiger partial charge in [-0.3, -0.25) is 0 Å². The second kappa shape index (κ2) is 11.9. The van der Waals surface area contributed by atoms with Crippen molar-refractivity contribution in [3.8, 4) is 39.9 Å². The van der Waals surface area contributed by atoms with Gasteiger partial charge in [0.25, 0.3) is 0 Å². The van der Waals surface area contributed by atoms with Gasteiger partial charge < -0.3 is 20.1 Å². The van der Waals surface area contributed by atoms with E-state index >= 15 is 0 Å². The maximum Gasteiger partial charge on any atom is 0.169 e. The van der Waals surface area contributed by atoms with E-state index in [9.17, 15) is 15.3 Å². The van der Waals surface area contributed by atoms with E-state index in [1.54, 1.807) is 24.3 Å². The van der Waals surface area contributed by atoms with Crippen LogP contribution in [0.4, 0.5) is 0 Å². The third kappa shape index (κ3) is 6.45. The molecule has 0 aromatic heterocycles. The van der Waals surface area contributed by atoms with E-state index in [-0.39, 0.29) is 23.2 Å². The molecule has 4 heteroatoms. The van der Waals surface area contributed by atoms with E-state index in [4.69, 9.17) is 4.74 Å². The van der Waals surface area contributed by atoms with Crippen LogP contribution in [0.25, 0.3) is 11.1 Å². The lowest BCUT2D eigenvalue weighted by molar-refractivity contribution is 0.410. The summed E-state index contributed by atoms with van der Waals surface area (Å²) in [6.07, 6.45) is 4.69. The highest BCUT2D eigenvalue weighted by Gasteiger charge is 2.17. The molecule has 37 heavy (non-hydrogen) atoms. The zero-order chi connectivity index (χ0) is 26.4. The minimum absolute atomic E-state index is 0.0631. The second-order valence-electron chi connectivity index (χ2n) is 9.78. The Labute approximate surface area is 219 Å². The predicted molar refractivity (Wildman–Crippen MR) is 150 cm³/mol. The summed E-state index contributed by atoms with van der Waals surface area (Å²) in [5.41, 5.74) is 6.04. The molecule has 0 amide bonds. The van der Waals surface area contributed by atoms with Crippen molar-refractivity contribution < 1.29 is 20.1 Å². The molecule has 192 valence electrons. The summed E-state index contributed by atoms with van der Waals surface area (Å²) in [7, 11) is 0. The van der Waals surface area contributed by atoms with E-state index in [1.807, 2.05) is 48.5 Å². The Morgan fingerprint density at radius 3 is 1.89 bits per heavy atom. The summed E-state index contributed by atoms with van der Waals surface area (Å²) < 4.78 is 6.35. The summed E-state index contributed by atoms with van der Waals surface area (Å²) >= 11 is 0. The molecule has 1 atom stereocenters. The van der Waals surface area contributed by atoms with Crippen LogP contribution in [-0.2, 0) is 19.3 Å². The van der Waals surface area contributed by atoms with Gasteiger partial charge in [-0.2, -0.15) is 0 Å². The molecule has 0 aliphatic rings. The Bertz CT molecular complexity index is 1340. The fourth-order valence-electron chi connectivity index (χ4n) is 4.70. The van der Waals surface area contributed by atoms with E-state index in [1.165, 1.54) is 5.56 Å². The van der Waals surface area contributed by atoms with Crippen LogP contribution >= 0.6 is 0 Å². The fourth-order valence-corrected chi connectivity index (χ4v) is 4.70. The van der Waals surface area contributed by atoms with Crippen LogP contribution in [0.2, 0.25) is 0 Å². The lowest BCUT2D eigenvalue weighted by Crippen LogP contribution is -1.99. The Morgan fingerprint density at radius 2 is 1.22 bits per heavy atom. The monoisotopic (exact) mass is 496 g/mol. The number of phenols is 3. The second-order valence-corrected chi connectivity index (χ2v) is 9.78. The van der Waals surface area contributed by atoms with Crippen LogP contribution in [-0.4, -0.2) is 15.3 Å². The van der Waals surface area contributed by atoms with Crippen molar-refractivity contribution in [2.45, 2.75) is 58.8 Å². The number of aromatic hydroxyl groups is 3. The highest BCUT2D eigenvalue weighted by atomic mass is 16.5. The van der Waals surface area contributed by atoms with Crippen molar-refractivity contribution in [2.75, 3.05) is 0 Å². The minimum atomic E-state index is 0.0631. The molecule has 0 aliphatic heterocycles. The molecular formula is C33H36O4. The maximum absolute atomic E-state index is 10.8. The molecule has 0 radical (unpaired) electrons. The average Bonchev–Trinajstić information content (AvgIpc) is 2.89. The number of ether oxygens (including phenoxy) is 1. The van der Waals surface area contributed by atoms with Gasteiger partial charge in [0, 0.05) is 11.1 Å². The Balaban J connectivity index is 1.68. The first-order valence-electron chi connectivity index (χ1n) is 13.1. The Morgan fingerprint density at radius 1 is 0.622 bits per heavy atom.